The topological polar surface area (TPSA) is 47.0 Å². The Labute approximate surface area is 104 Å². The first-order chi connectivity index (χ1) is 8.16. The third-order valence-electron chi connectivity index (χ3n) is 2.82. The van der Waals surface area contributed by atoms with Crippen LogP contribution in [0, 0.1) is 0 Å². The molecule has 0 radical (unpaired) electrons. The summed E-state index contributed by atoms with van der Waals surface area (Å²) in [5.41, 5.74) is -0.390. The summed E-state index contributed by atoms with van der Waals surface area (Å²) in [5, 5.41) is 3.27. The van der Waals surface area contributed by atoms with Gasteiger partial charge in [0, 0.05) is 19.3 Å². The highest BCUT2D eigenvalue weighted by Gasteiger charge is 2.28. The summed E-state index contributed by atoms with van der Waals surface area (Å²) in [5.74, 6) is 1.62. The van der Waals surface area contributed by atoms with Crippen molar-refractivity contribution >= 4 is 5.82 Å². The summed E-state index contributed by atoms with van der Waals surface area (Å²) >= 11 is 0. The summed E-state index contributed by atoms with van der Waals surface area (Å²) in [4.78, 5) is 8.86. The predicted molar refractivity (Wildman–Crippen MR) is 70.1 cm³/mol. The van der Waals surface area contributed by atoms with E-state index in [2.05, 4.69) is 29.1 Å². The predicted octanol–water partition coefficient (Wildman–Crippen LogP) is 2.96. The molecule has 1 heterocycles. The van der Waals surface area contributed by atoms with Gasteiger partial charge in [-0.2, -0.15) is 0 Å². The lowest BCUT2D eigenvalue weighted by atomic mass is 10.0. The molecule has 1 aromatic heterocycles. The van der Waals surface area contributed by atoms with Crippen LogP contribution in [0.1, 0.15) is 46.4 Å². The molecule has 1 aromatic rings. The van der Waals surface area contributed by atoms with Gasteiger partial charge in [-0.1, -0.05) is 13.8 Å². The number of anilines is 1. The Morgan fingerprint density at radius 2 is 2.12 bits per heavy atom. The van der Waals surface area contributed by atoms with E-state index < -0.39 is 5.60 Å². The maximum Gasteiger partial charge on any atom is 0.162 e. The quantitative estimate of drug-likeness (QED) is 0.792. The van der Waals surface area contributed by atoms with Crippen molar-refractivity contribution in [2.75, 3.05) is 18.5 Å². The van der Waals surface area contributed by atoms with Crippen molar-refractivity contribution in [3.63, 3.8) is 0 Å². The fourth-order valence-corrected chi connectivity index (χ4v) is 1.61. The fourth-order valence-electron chi connectivity index (χ4n) is 1.61. The third-order valence-corrected chi connectivity index (χ3v) is 2.82. The van der Waals surface area contributed by atoms with Crippen LogP contribution in [0.2, 0.25) is 0 Å². The number of aromatic nitrogens is 2. The molecule has 96 valence electrons. The van der Waals surface area contributed by atoms with Crippen molar-refractivity contribution in [1.82, 2.24) is 9.97 Å². The van der Waals surface area contributed by atoms with Crippen molar-refractivity contribution in [3.8, 4) is 0 Å². The highest BCUT2D eigenvalue weighted by molar-refractivity contribution is 5.33. The standard InChI is InChI=1S/C13H23N3O/c1-5-9-14-11-8-10-15-12(16-11)13(4,6-2)17-7-3/h8,10H,5-7,9H2,1-4H3,(H,14,15,16). The van der Waals surface area contributed by atoms with Crippen LogP contribution < -0.4 is 5.32 Å². The third kappa shape index (κ3) is 3.66. The smallest absolute Gasteiger partial charge is 0.162 e. The van der Waals surface area contributed by atoms with E-state index in [9.17, 15) is 0 Å². The van der Waals surface area contributed by atoms with Gasteiger partial charge in [-0.25, -0.2) is 9.97 Å². The van der Waals surface area contributed by atoms with Gasteiger partial charge < -0.3 is 10.1 Å². The van der Waals surface area contributed by atoms with Crippen LogP contribution in [0.3, 0.4) is 0 Å². The fraction of sp³-hybridized carbons (Fsp3) is 0.692. The molecule has 1 atom stereocenters. The number of nitrogens with one attached hydrogen (secondary N) is 1. The van der Waals surface area contributed by atoms with Crippen molar-refractivity contribution in [2.24, 2.45) is 0 Å². The molecule has 0 aliphatic carbocycles. The number of hydrogen-bond acceptors (Lipinski definition) is 4. The van der Waals surface area contributed by atoms with Gasteiger partial charge in [0.2, 0.25) is 0 Å². The maximum atomic E-state index is 5.77. The monoisotopic (exact) mass is 237 g/mol. The second-order valence-corrected chi connectivity index (χ2v) is 4.21. The Morgan fingerprint density at radius 1 is 1.35 bits per heavy atom. The lowest BCUT2D eigenvalue weighted by Gasteiger charge is -2.26. The van der Waals surface area contributed by atoms with E-state index in [1.54, 1.807) is 6.20 Å². The van der Waals surface area contributed by atoms with E-state index in [0.717, 1.165) is 31.0 Å². The van der Waals surface area contributed by atoms with Crippen LogP contribution in [0.15, 0.2) is 12.3 Å². The molecule has 1 rings (SSSR count). The zero-order valence-corrected chi connectivity index (χ0v) is 11.3. The van der Waals surface area contributed by atoms with Crippen LogP contribution >= 0.6 is 0 Å². The zero-order chi connectivity index (χ0) is 12.7. The molecule has 0 fully saturated rings. The summed E-state index contributed by atoms with van der Waals surface area (Å²) in [6, 6.07) is 1.89. The number of ether oxygens (including phenoxy) is 1. The normalized spacial score (nSPS) is 14.4. The molecule has 0 amide bonds. The lowest BCUT2D eigenvalue weighted by Crippen LogP contribution is -2.28. The summed E-state index contributed by atoms with van der Waals surface area (Å²) in [6.45, 7) is 9.84. The minimum absolute atomic E-state index is 0.390. The van der Waals surface area contributed by atoms with Crippen molar-refractivity contribution in [2.45, 2.75) is 46.1 Å². The van der Waals surface area contributed by atoms with Crippen LogP contribution in [-0.2, 0) is 10.3 Å². The van der Waals surface area contributed by atoms with Gasteiger partial charge >= 0.3 is 0 Å². The van der Waals surface area contributed by atoms with Gasteiger partial charge in [0.1, 0.15) is 11.4 Å². The zero-order valence-electron chi connectivity index (χ0n) is 11.3. The van der Waals surface area contributed by atoms with Crippen LogP contribution in [-0.4, -0.2) is 23.1 Å². The van der Waals surface area contributed by atoms with Gasteiger partial charge in [-0.15, -0.1) is 0 Å². The minimum Gasteiger partial charge on any atom is -0.370 e. The van der Waals surface area contributed by atoms with E-state index >= 15 is 0 Å². The molecule has 17 heavy (non-hydrogen) atoms. The number of hydrogen-bond donors (Lipinski definition) is 1. The molecule has 0 aromatic carbocycles. The molecule has 0 aliphatic heterocycles. The molecule has 0 saturated carbocycles. The molecule has 0 saturated heterocycles. The van der Waals surface area contributed by atoms with Gasteiger partial charge in [0.15, 0.2) is 5.82 Å². The lowest BCUT2D eigenvalue weighted by molar-refractivity contribution is -0.0389. The van der Waals surface area contributed by atoms with E-state index in [4.69, 9.17) is 4.74 Å². The SMILES string of the molecule is CCCNc1ccnc(C(C)(CC)OCC)n1. The summed E-state index contributed by atoms with van der Waals surface area (Å²) in [7, 11) is 0. The maximum absolute atomic E-state index is 5.77. The Hall–Kier alpha value is -1.16. The second kappa shape index (κ2) is 6.55. The van der Waals surface area contributed by atoms with E-state index in [0.29, 0.717) is 6.61 Å². The Balaban J connectivity index is 2.88. The molecular formula is C13H23N3O. The van der Waals surface area contributed by atoms with Gasteiger partial charge in [0.05, 0.1) is 0 Å². The van der Waals surface area contributed by atoms with E-state index in [1.807, 2.05) is 19.9 Å². The van der Waals surface area contributed by atoms with Gasteiger partial charge in [0.25, 0.3) is 0 Å². The average Bonchev–Trinajstić information content (AvgIpc) is 2.37. The van der Waals surface area contributed by atoms with Gasteiger partial charge in [-0.3, -0.25) is 0 Å². The van der Waals surface area contributed by atoms with Crippen LogP contribution in [0.4, 0.5) is 5.82 Å². The number of nitrogens with zero attached hydrogens (tertiary/aromatic N) is 2. The first-order valence-corrected chi connectivity index (χ1v) is 6.37. The average molecular weight is 237 g/mol. The Kier molecular flexibility index (Phi) is 5.35. The Bertz CT molecular complexity index is 343. The van der Waals surface area contributed by atoms with E-state index in [1.165, 1.54) is 0 Å². The summed E-state index contributed by atoms with van der Waals surface area (Å²) < 4.78 is 5.77. The number of rotatable bonds is 7. The Morgan fingerprint density at radius 3 is 2.71 bits per heavy atom. The molecule has 0 spiro atoms. The molecular weight excluding hydrogens is 214 g/mol. The first-order valence-electron chi connectivity index (χ1n) is 6.37. The molecule has 1 N–H and O–H groups in total. The second-order valence-electron chi connectivity index (χ2n) is 4.21. The largest absolute Gasteiger partial charge is 0.370 e. The van der Waals surface area contributed by atoms with Crippen molar-refractivity contribution < 1.29 is 4.74 Å². The molecule has 1 unspecified atom stereocenters. The first kappa shape index (κ1) is 13.9. The van der Waals surface area contributed by atoms with Crippen LogP contribution in [0.5, 0.6) is 0 Å². The van der Waals surface area contributed by atoms with Crippen LogP contribution in [0.25, 0.3) is 0 Å². The van der Waals surface area contributed by atoms with Crippen molar-refractivity contribution in [1.29, 1.82) is 0 Å². The summed E-state index contributed by atoms with van der Waals surface area (Å²) in [6.07, 6.45) is 3.72. The molecule has 0 bridgehead atoms. The molecule has 0 aliphatic rings. The molecule has 4 nitrogen and oxygen atoms in total. The minimum atomic E-state index is -0.390. The van der Waals surface area contributed by atoms with E-state index in [-0.39, 0.29) is 0 Å². The molecule has 4 heteroatoms. The highest BCUT2D eigenvalue weighted by Crippen LogP contribution is 2.26. The van der Waals surface area contributed by atoms with Gasteiger partial charge in [-0.05, 0) is 32.8 Å². The van der Waals surface area contributed by atoms with Crippen molar-refractivity contribution in [3.05, 3.63) is 18.1 Å². The highest BCUT2D eigenvalue weighted by atomic mass is 16.5.